The number of nitrogens with two attached hydrogens (primary N) is 3. The van der Waals surface area contributed by atoms with E-state index in [0.29, 0.717) is 21.5 Å². The number of rotatable bonds is 30. The second-order valence-electron chi connectivity index (χ2n) is 26.7. The van der Waals surface area contributed by atoms with Crippen LogP contribution in [0, 0.1) is 11.8 Å². The predicted molar refractivity (Wildman–Crippen MR) is 404 cm³/mol. The number of ketones is 1. The number of amides is 14. The molecule has 0 bridgehead atoms. The van der Waals surface area contributed by atoms with Gasteiger partial charge in [0, 0.05) is 57.3 Å². The lowest BCUT2D eigenvalue weighted by atomic mass is 9.96. The number of aromatic amines is 1. The second kappa shape index (κ2) is 45.8. The fourth-order valence-electron chi connectivity index (χ4n) is 11.0. The number of aliphatic carboxylic acids is 4. The fourth-order valence-corrected chi connectivity index (χ4v) is 11.3. The van der Waals surface area contributed by atoms with Gasteiger partial charge in [0.1, 0.15) is 72.6 Å². The summed E-state index contributed by atoms with van der Waals surface area (Å²) >= 11 is 12.3. The van der Waals surface area contributed by atoms with Crippen LogP contribution in [0.25, 0.3) is 10.9 Å². The Morgan fingerprint density at radius 3 is 1.74 bits per heavy atom. The van der Waals surface area contributed by atoms with E-state index in [0.717, 1.165) is 52.3 Å². The highest BCUT2D eigenvalue weighted by molar-refractivity contribution is 6.31. The van der Waals surface area contributed by atoms with Crippen LogP contribution in [0.3, 0.4) is 0 Å². The number of carboxylic acids is 4. The number of Topliss-reactive ketones (excluding diaryl/α,β-unsaturated/α-hetero) is 1. The third kappa shape index (κ3) is 31.8. The number of primary amides is 1. The molecule has 0 radical (unpaired) electrons. The number of carbonyl (C=O) groups excluding carboxylic acids is 16. The lowest BCUT2D eigenvalue weighted by Crippen LogP contribution is -2.61. The molecule has 44 heteroatoms. The highest BCUT2D eigenvalue weighted by Gasteiger charge is 2.41. The maximum Gasteiger partial charge on any atom is 0.329 e. The number of halogens is 2. The maximum atomic E-state index is 14.9. The van der Waals surface area contributed by atoms with Crippen LogP contribution in [0.15, 0.2) is 66.9 Å². The summed E-state index contributed by atoms with van der Waals surface area (Å²) in [6.45, 7) is 5.37. The van der Waals surface area contributed by atoms with Gasteiger partial charge < -0.3 is 116 Å². The normalized spacial score (nSPS) is 21.6. The Morgan fingerprint density at radius 2 is 1.14 bits per heavy atom. The van der Waals surface area contributed by atoms with E-state index in [1.807, 2.05) is 24.5 Å². The molecule has 115 heavy (non-hydrogen) atoms. The number of cyclic esters (lactones) is 1. The largest absolute Gasteiger partial charge is 0.481 e. The summed E-state index contributed by atoms with van der Waals surface area (Å²) in [6, 6.07) is -14.2. The Hall–Kier alpha value is -12.6. The highest BCUT2D eigenvalue weighted by Crippen LogP contribution is 2.25. The lowest BCUT2D eigenvalue weighted by molar-refractivity contribution is -0.156. The first-order valence-corrected chi connectivity index (χ1v) is 36.4. The van der Waals surface area contributed by atoms with Gasteiger partial charge in [-0.25, -0.2) is 4.79 Å². The smallest absolute Gasteiger partial charge is 0.329 e. The van der Waals surface area contributed by atoms with Gasteiger partial charge in [0.05, 0.1) is 45.2 Å². The minimum Gasteiger partial charge on any atom is -0.481 e. The van der Waals surface area contributed by atoms with Gasteiger partial charge in [0.25, 0.3) is 0 Å². The Labute approximate surface area is 665 Å². The number of allylic oxidation sites excluding steroid dienone is 3. The van der Waals surface area contributed by atoms with Gasteiger partial charge >= 0.3 is 29.8 Å². The average molecular weight is 1660 g/mol. The zero-order chi connectivity index (χ0) is 86.2. The molecule has 1 aliphatic heterocycles. The molecule has 1 aliphatic rings. The van der Waals surface area contributed by atoms with E-state index in [4.69, 9.17) is 45.1 Å². The van der Waals surface area contributed by atoms with Crippen molar-refractivity contribution in [2.45, 2.75) is 178 Å². The van der Waals surface area contributed by atoms with Crippen LogP contribution in [0.5, 0.6) is 0 Å². The standard InChI is InChI=1S/C71H93Cl2N17O25/c1-7-31(2)11-8-9-13-52(93)83-44(20-36-28-77-43-22-38(73)14-16-39(36)43)66(109)85-45(24-51(76)92)67(110)87-48(27-58(102)103)68(111)90-60-35(6)115-71(114)49(23-50(91)40-17-15-37(72)21-41(40)75)88-70(113)59(32(3)19-55(96)97)89-62(105)33(4)80-53(94)29-78-63(106)46(25-56(98)99)84-61(104)34(5)81-65(108)47(26-57(100)101)86-64(107)42(12-10-18-74)82-54(95)30-79-69(60)112/h8-9,11,13-17,21-22,28,31-35,42,44-49,59-60,77H,7,10,12,18-20,23-27,29-30,74-75H2,1-6H3,(H2,76,92)(H,78,106)(H,79,112)(H,80,94)(H,81,108)(H,82,95)(H,83,93)(H,84,104)(H,85,109)(H,86,107)(H,87,110)(H,88,113)(H,89,105)(H,90,111)(H,96,97)(H,98,99)(H,100,101)(H,102,103). The van der Waals surface area contributed by atoms with Crippen molar-refractivity contribution in [3.05, 3.63) is 88.1 Å². The number of nitrogen functional groups attached to an aromatic ring is 1. The third-order valence-electron chi connectivity index (χ3n) is 17.3. The molecule has 1 aromatic heterocycles. The second-order valence-corrected chi connectivity index (χ2v) is 27.6. The molecule has 14 atom stereocenters. The number of benzene rings is 2. The molecule has 1 fully saturated rings. The average Bonchev–Trinajstić information content (AvgIpc) is 1.74. The first kappa shape index (κ1) is 94.8. The van der Waals surface area contributed by atoms with Gasteiger partial charge in [-0.2, -0.15) is 0 Å². The van der Waals surface area contributed by atoms with Crippen LogP contribution >= 0.6 is 23.2 Å². The first-order chi connectivity index (χ1) is 54.0. The topological polar surface area (TPSA) is 682 Å². The Balaban J connectivity index is 1.90. The molecule has 3 aromatic rings. The van der Waals surface area contributed by atoms with Crippen LogP contribution in [0.4, 0.5) is 5.69 Å². The summed E-state index contributed by atoms with van der Waals surface area (Å²) < 4.78 is 5.68. The summed E-state index contributed by atoms with van der Waals surface area (Å²) in [5, 5.41) is 68.6. The van der Waals surface area contributed by atoms with Crippen molar-refractivity contribution in [3.63, 3.8) is 0 Å². The quantitative estimate of drug-likeness (QED) is 0.00988. The summed E-state index contributed by atoms with van der Waals surface area (Å²) in [5.74, 6) is -29.5. The van der Waals surface area contributed by atoms with Crippen molar-refractivity contribution < 1.29 is 121 Å². The molecule has 42 nitrogen and oxygen atoms in total. The monoisotopic (exact) mass is 1650 g/mol. The van der Waals surface area contributed by atoms with Gasteiger partial charge in [-0.1, -0.05) is 74.7 Å². The van der Waals surface area contributed by atoms with E-state index in [2.05, 4.69) is 63.5 Å². The van der Waals surface area contributed by atoms with E-state index < -0.39 is 255 Å². The zero-order valence-electron chi connectivity index (χ0n) is 63.0. The number of aromatic nitrogens is 1. The summed E-state index contributed by atoms with van der Waals surface area (Å²) in [7, 11) is 0. The molecular weight excluding hydrogens is 1560 g/mol. The number of anilines is 1. The lowest BCUT2D eigenvalue weighted by Gasteiger charge is -2.30. The van der Waals surface area contributed by atoms with Crippen molar-refractivity contribution >= 4 is 158 Å². The number of ether oxygens (including phenoxy) is 1. The number of hydrogen-bond donors (Lipinski definition) is 21. The molecule has 0 spiro atoms. The van der Waals surface area contributed by atoms with E-state index in [9.17, 15) is 116 Å². The molecule has 0 saturated carbocycles. The SMILES string of the molecule is CCC(C)C=CC=CC(=O)NC(Cc1c[nH]c2cc(Cl)ccc12)C(=O)NC(CC(N)=O)C(=O)NC(CC(=O)O)C(=O)NC1C(=O)NCC(=O)NC(CCCN)C(=O)NC(CC(=O)O)C(=O)NC(C)C(=O)NC(CC(=O)O)C(=O)NCC(=O)NC(C)C(=O)NC(C(C)CC(=O)O)C(=O)NC(CC(=O)c2ccc(Cl)cc2N)C(=O)OC1C. The molecule has 2 aromatic carbocycles. The molecule has 24 N–H and O–H groups in total. The maximum absolute atomic E-state index is 14.9. The van der Waals surface area contributed by atoms with Crippen molar-refractivity contribution in [2.75, 3.05) is 25.4 Å². The molecular formula is C71H93Cl2N17O25. The van der Waals surface area contributed by atoms with Gasteiger partial charge in [-0.3, -0.25) is 91.1 Å². The van der Waals surface area contributed by atoms with Crippen molar-refractivity contribution in [1.82, 2.24) is 74.1 Å². The van der Waals surface area contributed by atoms with Crippen LogP contribution in [0.2, 0.25) is 10.0 Å². The fraction of sp³-hybridized carbons (Fsp3) is 0.465. The molecule has 14 amide bonds. The number of H-pyrrole nitrogens is 1. The molecule has 1 saturated heterocycles. The summed E-state index contributed by atoms with van der Waals surface area (Å²) in [5.41, 5.74) is 17.7. The van der Waals surface area contributed by atoms with Crippen molar-refractivity contribution in [2.24, 2.45) is 23.3 Å². The summed E-state index contributed by atoms with van der Waals surface area (Å²) in [4.78, 5) is 276. The number of nitrogens with one attached hydrogen (secondary N) is 14. The molecule has 2 heterocycles. The van der Waals surface area contributed by atoms with Gasteiger partial charge in [-0.05, 0) is 87.9 Å². The van der Waals surface area contributed by atoms with E-state index >= 15 is 0 Å². The van der Waals surface area contributed by atoms with Gasteiger partial charge in [0.2, 0.25) is 82.7 Å². The van der Waals surface area contributed by atoms with Crippen LogP contribution in [0.1, 0.15) is 115 Å². The molecule has 4 rings (SSSR count). The predicted octanol–water partition coefficient (Wildman–Crippen LogP) is -4.27. The number of hydrogen-bond acceptors (Lipinski definition) is 23. The molecule has 0 aliphatic carbocycles. The van der Waals surface area contributed by atoms with E-state index in [1.54, 1.807) is 30.4 Å². The van der Waals surface area contributed by atoms with Crippen LogP contribution < -0.4 is 86.3 Å². The van der Waals surface area contributed by atoms with Crippen LogP contribution in [-0.2, 0) is 102 Å². The van der Waals surface area contributed by atoms with E-state index in [-0.39, 0.29) is 41.6 Å². The number of carbonyl (C=O) groups is 20. The minimum absolute atomic E-state index is 0.0123. The van der Waals surface area contributed by atoms with Gasteiger partial charge in [-0.15, -0.1) is 0 Å². The highest BCUT2D eigenvalue weighted by atomic mass is 35.5. The zero-order valence-corrected chi connectivity index (χ0v) is 64.5. The van der Waals surface area contributed by atoms with E-state index in [1.165, 1.54) is 18.3 Å². The molecule has 626 valence electrons. The molecule has 14 unspecified atom stereocenters. The number of esters is 1. The van der Waals surface area contributed by atoms with Crippen molar-refractivity contribution in [1.29, 1.82) is 0 Å². The Bertz CT molecular complexity index is 4250. The Kier molecular flexibility index (Phi) is 37.7. The first-order valence-electron chi connectivity index (χ1n) is 35.6. The summed E-state index contributed by atoms with van der Waals surface area (Å²) in [6.07, 6.45) is -1.82. The minimum atomic E-state index is -2.46. The third-order valence-corrected chi connectivity index (χ3v) is 17.8. The van der Waals surface area contributed by atoms with Gasteiger partial charge in [0.15, 0.2) is 5.78 Å². The number of carboxylic acid groups (broad SMARTS) is 4. The number of fused-ring (bicyclic) bond motifs is 1. The Morgan fingerprint density at radius 1 is 0.591 bits per heavy atom. The van der Waals surface area contributed by atoms with Crippen LogP contribution in [-0.4, -0.2) is 236 Å². The van der Waals surface area contributed by atoms with Crippen molar-refractivity contribution in [3.8, 4) is 0 Å².